The molecule has 0 unspecified atom stereocenters. The molecule has 0 aromatic carbocycles. The number of hydrogen-bond donors (Lipinski definition) is 1. The minimum absolute atomic E-state index is 0.0771. The maximum atomic E-state index is 12.2. The predicted molar refractivity (Wildman–Crippen MR) is 80.5 cm³/mol. The van der Waals surface area contributed by atoms with Crippen molar-refractivity contribution in [1.29, 1.82) is 0 Å². The normalized spacial score (nSPS) is 11.6. The van der Waals surface area contributed by atoms with Crippen molar-refractivity contribution in [1.82, 2.24) is 14.7 Å². The molecule has 0 spiro atoms. The number of hydrogen-bond acceptors (Lipinski definition) is 3. The summed E-state index contributed by atoms with van der Waals surface area (Å²) in [5.74, 6) is -0.0900. The molecule has 1 aromatic rings. The van der Waals surface area contributed by atoms with E-state index in [1.54, 1.807) is 22.7 Å². The number of amides is 1. The maximum absolute atomic E-state index is 12.2. The van der Waals surface area contributed by atoms with Crippen LogP contribution in [0.4, 0.5) is 0 Å². The van der Waals surface area contributed by atoms with Gasteiger partial charge in [0.2, 0.25) is 5.91 Å². The Kier molecular flexibility index (Phi) is 6.23. The smallest absolute Gasteiger partial charge is 0.246 e. The number of rotatable bonds is 6. The van der Waals surface area contributed by atoms with E-state index in [0.29, 0.717) is 18.1 Å². The fraction of sp³-hybridized carbons (Fsp3) is 0.571. The lowest BCUT2D eigenvalue weighted by Gasteiger charge is -2.25. The highest BCUT2D eigenvalue weighted by atomic mass is 35.5. The van der Waals surface area contributed by atoms with Crippen molar-refractivity contribution in [2.24, 2.45) is 7.05 Å². The summed E-state index contributed by atoms with van der Waals surface area (Å²) in [5, 5.41) is 13.6. The molecule has 0 aliphatic heterocycles. The van der Waals surface area contributed by atoms with Gasteiger partial charge in [0.25, 0.3) is 0 Å². The Morgan fingerprint density at radius 2 is 2.20 bits per heavy atom. The summed E-state index contributed by atoms with van der Waals surface area (Å²) < 4.78 is 1.58. The Morgan fingerprint density at radius 3 is 2.65 bits per heavy atom. The molecule has 0 atom stereocenters. The number of carbonyl (C=O) groups is 1. The van der Waals surface area contributed by atoms with Crippen LogP contribution in [0.3, 0.4) is 0 Å². The number of nitrogens with zero attached hydrogens (tertiary/aromatic N) is 3. The average molecular weight is 300 g/mol. The van der Waals surface area contributed by atoms with Gasteiger partial charge in [0, 0.05) is 37.9 Å². The largest absolute Gasteiger partial charge is 0.396 e. The highest BCUT2D eigenvalue weighted by molar-refractivity contribution is 6.31. The minimum atomic E-state index is -0.0900. The van der Waals surface area contributed by atoms with Crippen LogP contribution < -0.4 is 0 Å². The quantitative estimate of drug-likeness (QED) is 0.818. The molecule has 20 heavy (non-hydrogen) atoms. The van der Waals surface area contributed by atoms with Gasteiger partial charge in [-0.1, -0.05) is 11.6 Å². The third kappa shape index (κ3) is 4.08. The van der Waals surface area contributed by atoms with Crippen LogP contribution in [0.1, 0.15) is 31.5 Å². The molecular weight excluding hydrogens is 278 g/mol. The Morgan fingerprint density at radius 1 is 1.55 bits per heavy atom. The van der Waals surface area contributed by atoms with Crippen LogP contribution in [0.25, 0.3) is 6.08 Å². The van der Waals surface area contributed by atoms with E-state index >= 15 is 0 Å². The Labute approximate surface area is 124 Å². The van der Waals surface area contributed by atoms with Crippen LogP contribution in [-0.2, 0) is 11.8 Å². The van der Waals surface area contributed by atoms with Crippen molar-refractivity contribution >= 4 is 23.6 Å². The molecule has 0 aliphatic rings. The standard InChI is InChI=1S/C14H22ClN3O2/c1-10(2)18(8-5-9-19)13(20)7-6-12-11(3)16-17(4)14(12)15/h6-7,10,19H,5,8-9H2,1-4H3/b7-6+. The van der Waals surface area contributed by atoms with Crippen LogP contribution >= 0.6 is 11.6 Å². The zero-order valence-electron chi connectivity index (χ0n) is 12.4. The number of aryl methyl sites for hydroxylation is 2. The van der Waals surface area contributed by atoms with Gasteiger partial charge in [0.15, 0.2) is 0 Å². The van der Waals surface area contributed by atoms with Crippen molar-refractivity contribution < 1.29 is 9.90 Å². The molecule has 112 valence electrons. The monoisotopic (exact) mass is 299 g/mol. The van der Waals surface area contributed by atoms with Crippen LogP contribution in [0.15, 0.2) is 6.08 Å². The fourth-order valence-corrected chi connectivity index (χ4v) is 2.19. The minimum Gasteiger partial charge on any atom is -0.396 e. The number of aliphatic hydroxyl groups is 1. The Hall–Kier alpha value is -1.33. The van der Waals surface area contributed by atoms with Crippen LogP contribution in [0.2, 0.25) is 5.15 Å². The fourth-order valence-electron chi connectivity index (χ4n) is 1.95. The average Bonchev–Trinajstić information content (AvgIpc) is 2.61. The molecule has 0 fully saturated rings. The second-order valence-electron chi connectivity index (χ2n) is 4.95. The third-order valence-electron chi connectivity index (χ3n) is 3.05. The SMILES string of the molecule is Cc1nn(C)c(Cl)c1/C=C/C(=O)N(CCCO)C(C)C. The van der Waals surface area contributed by atoms with Gasteiger partial charge in [-0.05, 0) is 33.3 Å². The summed E-state index contributed by atoms with van der Waals surface area (Å²) in [5.41, 5.74) is 1.54. The number of aromatic nitrogens is 2. The highest BCUT2D eigenvalue weighted by Gasteiger charge is 2.14. The van der Waals surface area contributed by atoms with Gasteiger partial charge in [-0.25, -0.2) is 0 Å². The first-order chi connectivity index (χ1) is 9.38. The van der Waals surface area contributed by atoms with Gasteiger partial charge in [0.1, 0.15) is 5.15 Å². The number of aliphatic hydroxyl groups excluding tert-OH is 1. The molecule has 1 heterocycles. The summed E-state index contributed by atoms with van der Waals surface area (Å²) in [6.45, 7) is 6.36. The molecule has 5 nitrogen and oxygen atoms in total. The second kappa shape index (κ2) is 7.45. The van der Waals surface area contributed by atoms with Gasteiger partial charge < -0.3 is 10.0 Å². The molecule has 1 N–H and O–H groups in total. The Balaban J connectivity index is 2.84. The van der Waals surface area contributed by atoms with Crippen molar-refractivity contribution in [3.05, 3.63) is 22.5 Å². The molecule has 0 saturated carbocycles. The molecule has 0 saturated heterocycles. The van der Waals surface area contributed by atoms with Gasteiger partial charge in [-0.15, -0.1) is 0 Å². The topological polar surface area (TPSA) is 58.4 Å². The Bertz CT molecular complexity index is 495. The van der Waals surface area contributed by atoms with Crippen molar-refractivity contribution in [3.63, 3.8) is 0 Å². The lowest BCUT2D eigenvalue weighted by atomic mass is 10.2. The number of halogens is 1. The van der Waals surface area contributed by atoms with E-state index < -0.39 is 0 Å². The molecule has 1 rings (SSSR count). The molecule has 1 aromatic heterocycles. The molecule has 6 heteroatoms. The van der Waals surface area contributed by atoms with E-state index in [0.717, 1.165) is 11.3 Å². The van der Waals surface area contributed by atoms with Crippen molar-refractivity contribution in [3.8, 4) is 0 Å². The summed E-state index contributed by atoms with van der Waals surface area (Å²) >= 11 is 6.11. The summed E-state index contributed by atoms with van der Waals surface area (Å²) in [4.78, 5) is 13.9. The summed E-state index contributed by atoms with van der Waals surface area (Å²) in [6.07, 6.45) is 3.78. The lowest BCUT2D eigenvalue weighted by Crippen LogP contribution is -2.36. The first kappa shape index (κ1) is 16.7. The van der Waals surface area contributed by atoms with E-state index in [2.05, 4.69) is 5.10 Å². The van der Waals surface area contributed by atoms with Crippen molar-refractivity contribution in [2.75, 3.05) is 13.2 Å². The van der Waals surface area contributed by atoms with E-state index in [9.17, 15) is 4.79 Å². The molecule has 0 bridgehead atoms. The van der Waals surface area contributed by atoms with Crippen molar-refractivity contribution in [2.45, 2.75) is 33.2 Å². The zero-order chi connectivity index (χ0) is 15.3. The summed E-state index contributed by atoms with van der Waals surface area (Å²) in [7, 11) is 1.76. The third-order valence-corrected chi connectivity index (χ3v) is 3.50. The summed E-state index contributed by atoms with van der Waals surface area (Å²) in [6, 6.07) is 0.0872. The van der Waals surface area contributed by atoms with E-state index in [1.807, 2.05) is 20.8 Å². The second-order valence-corrected chi connectivity index (χ2v) is 5.31. The van der Waals surface area contributed by atoms with Crippen LogP contribution in [0, 0.1) is 6.92 Å². The lowest BCUT2D eigenvalue weighted by molar-refractivity contribution is -0.127. The first-order valence-electron chi connectivity index (χ1n) is 6.67. The van der Waals surface area contributed by atoms with E-state index in [1.165, 1.54) is 6.08 Å². The van der Waals surface area contributed by atoms with Crippen LogP contribution in [-0.4, -0.2) is 44.9 Å². The van der Waals surface area contributed by atoms with Gasteiger partial charge in [-0.2, -0.15) is 5.10 Å². The highest BCUT2D eigenvalue weighted by Crippen LogP contribution is 2.20. The molecular formula is C14H22ClN3O2. The molecule has 0 radical (unpaired) electrons. The van der Waals surface area contributed by atoms with Gasteiger partial charge >= 0.3 is 0 Å². The van der Waals surface area contributed by atoms with Gasteiger partial charge in [0.05, 0.1) is 5.69 Å². The van der Waals surface area contributed by atoms with E-state index in [4.69, 9.17) is 16.7 Å². The van der Waals surface area contributed by atoms with Crippen LogP contribution in [0.5, 0.6) is 0 Å². The zero-order valence-corrected chi connectivity index (χ0v) is 13.2. The van der Waals surface area contributed by atoms with Gasteiger partial charge in [-0.3, -0.25) is 9.48 Å². The first-order valence-corrected chi connectivity index (χ1v) is 7.05. The molecule has 0 aliphatic carbocycles. The van der Waals surface area contributed by atoms with E-state index in [-0.39, 0.29) is 18.6 Å². The maximum Gasteiger partial charge on any atom is 0.246 e. The number of carbonyl (C=O) groups excluding carboxylic acids is 1. The molecule has 1 amide bonds. The predicted octanol–water partition coefficient (Wildman–Crippen LogP) is 2.01.